The van der Waals surface area contributed by atoms with E-state index in [4.69, 9.17) is 9.47 Å². The average Bonchev–Trinajstić information content (AvgIpc) is 2.54. The van der Waals surface area contributed by atoms with Crippen LogP contribution >= 0.6 is 0 Å². The fourth-order valence-corrected chi connectivity index (χ4v) is 2.36. The van der Waals surface area contributed by atoms with Crippen LogP contribution in [-0.2, 0) is 19.1 Å². The summed E-state index contributed by atoms with van der Waals surface area (Å²) in [6.07, 6.45) is 1.95. The molecule has 3 unspecified atom stereocenters. The number of hydrogen-bond acceptors (Lipinski definition) is 4. The van der Waals surface area contributed by atoms with Gasteiger partial charge in [-0.3, -0.25) is 9.59 Å². The molecule has 0 fully saturated rings. The zero-order valence-electron chi connectivity index (χ0n) is 10.9. The van der Waals surface area contributed by atoms with Crippen molar-refractivity contribution in [3.8, 4) is 0 Å². The first kappa shape index (κ1) is 13.7. The van der Waals surface area contributed by atoms with E-state index in [1.54, 1.807) is 13.8 Å². The lowest BCUT2D eigenvalue weighted by Gasteiger charge is -2.21. The molecule has 1 rings (SSSR count). The van der Waals surface area contributed by atoms with Crippen LogP contribution in [0.3, 0.4) is 0 Å². The standard InChI is InChI=1S/C13H20O4/c1-5-16-12(14)10-8(3)7-9(4)11(10)13(15)17-6-2/h7-8,10-11H,5-6H2,1-4H3. The number of allylic oxidation sites excluding steroid dienone is 1. The normalized spacial score (nSPS) is 27.5. The molecule has 4 heteroatoms. The van der Waals surface area contributed by atoms with Gasteiger partial charge in [0.25, 0.3) is 0 Å². The van der Waals surface area contributed by atoms with Crippen LogP contribution in [0.15, 0.2) is 11.6 Å². The summed E-state index contributed by atoms with van der Waals surface area (Å²) < 4.78 is 10.0. The quantitative estimate of drug-likeness (QED) is 0.556. The van der Waals surface area contributed by atoms with Crippen molar-refractivity contribution >= 4 is 11.9 Å². The highest BCUT2D eigenvalue weighted by molar-refractivity contribution is 5.86. The first-order chi connectivity index (χ1) is 8.02. The minimum Gasteiger partial charge on any atom is -0.466 e. The number of carbonyl (C=O) groups excluding carboxylic acids is 2. The Morgan fingerprint density at radius 1 is 1.18 bits per heavy atom. The smallest absolute Gasteiger partial charge is 0.313 e. The van der Waals surface area contributed by atoms with E-state index in [1.165, 1.54) is 0 Å². The molecule has 0 N–H and O–H groups in total. The molecule has 3 atom stereocenters. The van der Waals surface area contributed by atoms with E-state index in [2.05, 4.69) is 0 Å². The topological polar surface area (TPSA) is 52.6 Å². The molecule has 0 saturated carbocycles. The molecule has 96 valence electrons. The van der Waals surface area contributed by atoms with Crippen LogP contribution < -0.4 is 0 Å². The van der Waals surface area contributed by atoms with E-state index in [-0.39, 0.29) is 17.9 Å². The summed E-state index contributed by atoms with van der Waals surface area (Å²) in [6, 6.07) is 0. The van der Waals surface area contributed by atoms with Crippen molar-refractivity contribution in [2.24, 2.45) is 17.8 Å². The van der Waals surface area contributed by atoms with Crippen molar-refractivity contribution in [3.05, 3.63) is 11.6 Å². The molecule has 4 nitrogen and oxygen atoms in total. The van der Waals surface area contributed by atoms with Crippen LogP contribution in [0.5, 0.6) is 0 Å². The maximum atomic E-state index is 11.9. The van der Waals surface area contributed by atoms with Gasteiger partial charge in [-0.05, 0) is 26.7 Å². The molecule has 1 aliphatic rings. The van der Waals surface area contributed by atoms with Gasteiger partial charge >= 0.3 is 11.9 Å². The van der Waals surface area contributed by atoms with Gasteiger partial charge in [-0.1, -0.05) is 18.6 Å². The zero-order valence-corrected chi connectivity index (χ0v) is 10.9. The van der Waals surface area contributed by atoms with Crippen molar-refractivity contribution in [2.45, 2.75) is 27.7 Å². The summed E-state index contributed by atoms with van der Waals surface area (Å²) in [5, 5.41) is 0. The summed E-state index contributed by atoms with van der Waals surface area (Å²) in [7, 11) is 0. The molecule has 0 aromatic carbocycles. The molecular weight excluding hydrogens is 220 g/mol. The summed E-state index contributed by atoms with van der Waals surface area (Å²) in [4.78, 5) is 23.7. The molecule has 0 bridgehead atoms. The minimum absolute atomic E-state index is 0.0171. The van der Waals surface area contributed by atoms with Gasteiger partial charge in [0.1, 0.15) is 0 Å². The Labute approximate surface area is 102 Å². The van der Waals surface area contributed by atoms with Crippen molar-refractivity contribution in [1.82, 2.24) is 0 Å². The molecule has 17 heavy (non-hydrogen) atoms. The second-order valence-electron chi connectivity index (χ2n) is 4.28. The Bertz CT molecular complexity index is 332. The summed E-state index contributed by atoms with van der Waals surface area (Å²) >= 11 is 0. The lowest BCUT2D eigenvalue weighted by Crippen LogP contribution is -2.33. The van der Waals surface area contributed by atoms with Crippen LogP contribution in [0.2, 0.25) is 0 Å². The van der Waals surface area contributed by atoms with Crippen molar-refractivity contribution in [3.63, 3.8) is 0 Å². The predicted octanol–water partition coefficient (Wildman–Crippen LogP) is 1.94. The SMILES string of the molecule is CCOC(=O)C1C(C)=CC(C)C1C(=O)OCC. The first-order valence-corrected chi connectivity index (χ1v) is 6.04. The number of hydrogen-bond donors (Lipinski definition) is 0. The fourth-order valence-electron chi connectivity index (χ4n) is 2.36. The monoisotopic (exact) mass is 240 g/mol. The van der Waals surface area contributed by atoms with Crippen LogP contribution in [-0.4, -0.2) is 25.2 Å². The van der Waals surface area contributed by atoms with Crippen LogP contribution in [0.4, 0.5) is 0 Å². The highest BCUT2D eigenvalue weighted by atomic mass is 16.5. The summed E-state index contributed by atoms with van der Waals surface area (Å²) in [5.74, 6) is -1.55. The van der Waals surface area contributed by atoms with Crippen molar-refractivity contribution in [1.29, 1.82) is 0 Å². The molecule has 1 aliphatic carbocycles. The lowest BCUT2D eigenvalue weighted by molar-refractivity contribution is -0.159. The molecule has 0 saturated heterocycles. The fraction of sp³-hybridized carbons (Fsp3) is 0.692. The maximum Gasteiger partial charge on any atom is 0.313 e. The maximum absolute atomic E-state index is 11.9. The Morgan fingerprint density at radius 2 is 1.71 bits per heavy atom. The van der Waals surface area contributed by atoms with Gasteiger partial charge in [0.15, 0.2) is 0 Å². The van der Waals surface area contributed by atoms with Gasteiger partial charge < -0.3 is 9.47 Å². The molecule has 0 spiro atoms. The third-order valence-electron chi connectivity index (χ3n) is 3.04. The van der Waals surface area contributed by atoms with Gasteiger partial charge in [0.05, 0.1) is 25.0 Å². The van der Waals surface area contributed by atoms with Crippen LogP contribution in [0, 0.1) is 17.8 Å². The number of carbonyl (C=O) groups is 2. The molecule has 0 amide bonds. The lowest BCUT2D eigenvalue weighted by atomic mass is 9.87. The second kappa shape index (κ2) is 5.84. The van der Waals surface area contributed by atoms with E-state index in [0.29, 0.717) is 13.2 Å². The third-order valence-corrected chi connectivity index (χ3v) is 3.04. The van der Waals surface area contributed by atoms with Crippen LogP contribution in [0.1, 0.15) is 27.7 Å². The molecule has 0 aromatic heterocycles. The van der Waals surface area contributed by atoms with Crippen molar-refractivity contribution < 1.29 is 19.1 Å². The van der Waals surface area contributed by atoms with Gasteiger partial charge in [0, 0.05) is 0 Å². The summed E-state index contributed by atoms with van der Waals surface area (Å²) in [6.45, 7) is 7.96. The van der Waals surface area contributed by atoms with E-state index in [9.17, 15) is 9.59 Å². The number of esters is 2. The van der Waals surface area contributed by atoms with E-state index in [1.807, 2.05) is 19.9 Å². The number of ether oxygens (including phenoxy) is 2. The second-order valence-corrected chi connectivity index (χ2v) is 4.28. The average molecular weight is 240 g/mol. The molecule has 0 aliphatic heterocycles. The van der Waals surface area contributed by atoms with Crippen molar-refractivity contribution in [2.75, 3.05) is 13.2 Å². The highest BCUT2D eigenvalue weighted by Gasteiger charge is 2.44. The molecule has 0 radical (unpaired) electrons. The summed E-state index contributed by atoms with van der Waals surface area (Å²) in [5.41, 5.74) is 0.897. The van der Waals surface area contributed by atoms with Gasteiger partial charge in [-0.15, -0.1) is 0 Å². The van der Waals surface area contributed by atoms with Crippen LogP contribution in [0.25, 0.3) is 0 Å². The Kier molecular flexibility index (Phi) is 4.73. The predicted molar refractivity (Wildman–Crippen MR) is 63.2 cm³/mol. The van der Waals surface area contributed by atoms with Gasteiger partial charge in [-0.25, -0.2) is 0 Å². The minimum atomic E-state index is -0.482. The Balaban J connectivity index is 2.86. The first-order valence-electron chi connectivity index (χ1n) is 6.04. The third kappa shape index (κ3) is 2.87. The number of rotatable bonds is 4. The zero-order chi connectivity index (χ0) is 13.0. The Hall–Kier alpha value is -1.32. The largest absolute Gasteiger partial charge is 0.466 e. The van der Waals surface area contributed by atoms with E-state index < -0.39 is 11.8 Å². The molecular formula is C13H20O4. The Morgan fingerprint density at radius 3 is 2.24 bits per heavy atom. The van der Waals surface area contributed by atoms with E-state index >= 15 is 0 Å². The molecule has 0 aromatic rings. The van der Waals surface area contributed by atoms with E-state index in [0.717, 1.165) is 5.57 Å². The highest BCUT2D eigenvalue weighted by Crippen LogP contribution is 2.37. The van der Waals surface area contributed by atoms with Gasteiger partial charge in [-0.2, -0.15) is 0 Å². The van der Waals surface area contributed by atoms with Gasteiger partial charge in [0.2, 0.25) is 0 Å². The molecule has 0 heterocycles.